The molecule has 1 aromatic rings. The Labute approximate surface area is 208 Å². The molecule has 0 saturated carbocycles. The first kappa shape index (κ1) is 26.5. The number of nitrogens with one attached hydrogen (secondary N) is 4. The van der Waals surface area contributed by atoms with Gasteiger partial charge in [-0.05, 0) is 43.3 Å². The van der Waals surface area contributed by atoms with Crippen LogP contribution in [-0.2, 0) is 4.79 Å². The van der Waals surface area contributed by atoms with E-state index in [1.54, 1.807) is 0 Å². The Morgan fingerprint density at radius 1 is 1.11 bits per heavy atom. The van der Waals surface area contributed by atoms with E-state index in [4.69, 9.17) is 5.53 Å². The lowest BCUT2D eigenvalue weighted by Gasteiger charge is -2.16. The zero-order chi connectivity index (χ0) is 25.0. The molecule has 3 unspecified atom stereocenters. The van der Waals surface area contributed by atoms with E-state index in [1.165, 1.54) is 18.2 Å². The van der Waals surface area contributed by atoms with Gasteiger partial charge in [-0.1, -0.05) is 30.4 Å². The van der Waals surface area contributed by atoms with Gasteiger partial charge in [-0.3, -0.25) is 9.59 Å². The van der Waals surface area contributed by atoms with Gasteiger partial charge < -0.3 is 26.4 Å². The number of rotatable bonds is 14. The number of hydrogen-bond acceptors (Lipinski definition) is 6. The van der Waals surface area contributed by atoms with Gasteiger partial charge in [0.2, 0.25) is 5.91 Å². The van der Waals surface area contributed by atoms with Gasteiger partial charge >= 0.3 is 6.03 Å². The lowest BCUT2D eigenvalue weighted by atomic mass is 10.0. The monoisotopic (exact) mass is 503 g/mol. The summed E-state index contributed by atoms with van der Waals surface area (Å²) in [5, 5.41) is 25.4. The van der Waals surface area contributed by atoms with E-state index in [1.807, 2.05) is 11.8 Å². The number of hydrogen-bond donors (Lipinski definition) is 5. The fraction of sp³-hybridized carbons (Fsp3) is 0.609. The zero-order valence-electron chi connectivity index (χ0n) is 19.7. The topological polar surface area (TPSA) is 168 Å². The molecule has 0 radical (unpaired) electrons. The summed E-state index contributed by atoms with van der Waals surface area (Å²) in [5.74, 6) is 0.432. The molecule has 3 atom stereocenters. The number of unbranched alkanes of at least 4 members (excludes halogenated alkanes) is 4. The molecule has 2 aliphatic rings. The number of carbonyl (C=O) groups excluding carboxylic acids is 3. The van der Waals surface area contributed by atoms with Crippen LogP contribution in [0.25, 0.3) is 10.4 Å². The van der Waals surface area contributed by atoms with Crippen LogP contribution < -0.4 is 21.3 Å². The summed E-state index contributed by atoms with van der Waals surface area (Å²) in [5.41, 5.74) is 8.79. The summed E-state index contributed by atoms with van der Waals surface area (Å²) >= 11 is 1.90. The molecule has 0 aliphatic carbocycles. The molecule has 35 heavy (non-hydrogen) atoms. The molecule has 2 fully saturated rings. The quantitative estimate of drug-likeness (QED) is 0.0859. The lowest BCUT2D eigenvalue weighted by Crippen LogP contribution is -2.36. The van der Waals surface area contributed by atoms with Crippen LogP contribution in [0.2, 0.25) is 0 Å². The highest BCUT2D eigenvalue weighted by atomic mass is 32.2. The molecule has 2 aliphatic heterocycles. The number of carbonyl (C=O) groups is 3. The van der Waals surface area contributed by atoms with E-state index < -0.39 is 0 Å². The molecule has 0 bridgehead atoms. The van der Waals surface area contributed by atoms with Crippen LogP contribution in [0, 0.1) is 0 Å². The molecule has 3 rings (SSSR count). The molecule has 5 N–H and O–H groups in total. The highest BCUT2D eigenvalue weighted by Crippen LogP contribution is 2.33. The Hall–Kier alpha value is -3.11. The van der Waals surface area contributed by atoms with Gasteiger partial charge in [0.1, 0.15) is 5.75 Å². The Kier molecular flexibility index (Phi) is 10.4. The minimum atomic E-state index is -0.377. The number of thioether (sulfide) groups is 1. The largest absolute Gasteiger partial charge is 0.507 e. The first-order chi connectivity index (χ1) is 17.0. The molecule has 4 amide bonds. The third-order valence-corrected chi connectivity index (χ3v) is 7.69. The van der Waals surface area contributed by atoms with Crippen LogP contribution in [0.4, 0.5) is 10.5 Å². The number of phenolic OH excluding ortho intramolecular Hbond substituents is 1. The van der Waals surface area contributed by atoms with Crippen molar-refractivity contribution in [2.45, 2.75) is 68.7 Å². The summed E-state index contributed by atoms with van der Waals surface area (Å²) in [7, 11) is 0. The zero-order valence-corrected chi connectivity index (χ0v) is 20.5. The van der Waals surface area contributed by atoms with Crippen molar-refractivity contribution in [1.82, 2.24) is 21.3 Å². The minimum absolute atomic E-state index is 0.0649. The standard InChI is InChI=1S/C23H33N7O4S/c24-30-29-15-9-10-16(18(31)13-15)22(33)26-12-6-2-1-5-11-25-20(32)8-4-3-7-19-21-17(14-35-19)27-23(34)28-21/h9-10,13,17,19,21,31H,1-8,11-12,14H2,(H,25,32)(H,26,33)(H2,27,28,34). The number of aromatic hydroxyl groups is 1. The fourth-order valence-corrected chi connectivity index (χ4v) is 5.86. The van der Waals surface area contributed by atoms with E-state index >= 15 is 0 Å². The van der Waals surface area contributed by atoms with Crippen molar-refractivity contribution in [3.8, 4) is 5.75 Å². The smallest absolute Gasteiger partial charge is 0.315 e. The molecule has 0 spiro atoms. The predicted octanol–water partition coefficient (Wildman–Crippen LogP) is 3.47. The second-order valence-corrected chi connectivity index (χ2v) is 10.1. The van der Waals surface area contributed by atoms with E-state index in [9.17, 15) is 19.5 Å². The first-order valence-electron chi connectivity index (χ1n) is 12.1. The highest BCUT2D eigenvalue weighted by molar-refractivity contribution is 8.00. The van der Waals surface area contributed by atoms with Gasteiger partial charge in [0.15, 0.2) is 0 Å². The number of phenols is 1. The normalized spacial score (nSPS) is 20.3. The molecule has 1 aromatic carbocycles. The maximum absolute atomic E-state index is 12.1. The van der Waals surface area contributed by atoms with Crippen molar-refractivity contribution in [2.75, 3.05) is 18.8 Å². The SMILES string of the molecule is [N-]=[N+]=Nc1ccc(C(=O)NCCCCCCNC(=O)CCCCC2SCC3NC(=O)NC32)c(O)c1. The number of fused-ring (bicyclic) bond motifs is 1. The van der Waals surface area contributed by atoms with Crippen molar-refractivity contribution in [3.05, 3.63) is 34.2 Å². The van der Waals surface area contributed by atoms with Gasteiger partial charge in [0, 0.05) is 41.1 Å². The predicted molar refractivity (Wildman–Crippen MR) is 135 cm³/mol. The average molecular weight is 504 g/mol. The number of amides is 4. The second-order valence-electron chi connectivity index (χ2n) is 8.78. The van der Waals surface area contributed by atoms with Crippen LogP contribution in [0.1, 0.15) is 61.7 Å². The van der Waals surface area contributed by atoms with Crippen LogP contribution in [0.3, 0.4) is 0 Å². The van der Waals surface area contributed by atoms with E-state index in [0.717, 1.165) is 50.7 Å². The van der Waals surface area contributed by atoms with Crippen LogP contribution in [0.15, 0.2) is 23.3 Å². The number of urea groups is 1. The summed E-state index contributed by atoms with van der Waals surface area (Å²) < 4.78 is 0. The highest BCUT2D eigenvalue weighted by Gasteiger charge is 2.42. The maximum atomic E-state index is 12.1. The van der Waals surface area contributed by atoms with Crippen LogP contribution >= 0.6 is 11.8 Å². The fourth-order valence-electron chi connectivity index (χ4n) is 4.32. The maximum Gasteiger partial charge on any atom is 0.315 e. The van der Waals surface area contributed by atoms with Crippen molar-refractivity contribution < 1.29 is 19.5 Å². The van der Waals surface area contributed by atoms with Gasteiger partial charge in [-0.15, -0.1) is 0 Å². The van der Waals surface area contributed by atoms with E-state index in [2.05, 4.69) is 31.3 Å². The van der Waals surface area contributed by atoms with E-state index in [-0.39, 0.29) is 46.9 Å². The van der Waals surface area contributed by atoms with Gasteiger partial charge in [0.25, 0.3) is 5.91 Å². The van der Waals surface area contributed by atoms with Crippen molar-refractivity contribution in [3.63, 3.8) is 0 Å². The summed E-state index contributed by atoms with van der Waals surface area (Å²) in [6, 6.07) is 4.55. The molecule has 12 heteroatoms. The van der Waals surface area contributed by atoms with Gasteiger partial charge in [-0.25, -0.2) is 4.79 Å². The van der Waals surface area contributed by atoms with Crippen LogP contribution in [-0.4, -0.2) is 59.1 Å². The molecule has 2 saturated heterocycles. The summed E-state index contributed by atoms with van der Waals surface area (Å²) in [6.07, 6.45) is 6.92. The molecular weight excluding hydrogens is 470 g/mol. The Morgan fingerprint density at radius 2 is 1.89 bits per heavy atom. The average Bonchev–Trinajstić information content (AvgIpc) is 3.38. The molecule has 2 heterocycles. The van der Waals surface area contributed by atoms with E-state index in [0.29, 0.717) is 24.8 Å². The van der Waals surface area contributed by atoms with Crippen molar-refractivity contribution >= 4 is 35.3 Å². The Morgan fingerprint density at radius 3 is 2.63 bits per heavy atom. The number of nitrogens with zero attached hydrogens (tertiary/aromatic N) is 3. The second kappa shape index (κ2) is 13.7. The minimum Gasteiger partial charge on any atom is -0.507 e. The first-order valence-corrected chi connectivity index (χ1v) is 13.1. The third-order valence-electron chi connectivity index (χ3n) is 6.18. The summed E-state index contributed by atoms with van der Waals surface area (Å²) in [6.45, 7) is 1.14. The summed E-state index contributed by atoms with van der Waals surface area (Å²) in [4.78, 5) is 38.2. The number of benzene rings is 1. The van der Waals surface area contributed by atoms with Crippen molar-refractivity contribution in [1.29, 1.82) is 0 Å². The van der Waals surface area contributed by atoms with Crippen LogP contribution in [0.5, 0.6) is 5.75 Å². The third kappa shape index (κ3) is 8.25. The molecule has 0 aromatic heterocycles. The van der Waals surface area contributed by atoms with Gasteiger partial charge in [0.05, 0.1) is 17.6 Å². The lowest BCUT2D eigenvalue weighted by molar-refractivity contribution is -0.121. The Bertz CT molecular complexity index is 954. The van der Waals surface area contributed by atoms with Crippen molar-refractivity contribution in [2.24, 2.45) is 5.11 Å². The molecule has 11 nitrogen and oxygen atoms in total. The van der Waals surface area contributed by atoms with Gasteiger partial charge in [-0.2, -0.15) is 11.8 Å². The Balaban J connectivity index is 1.15. The number of azide groups is 1. The molecular formula is C23H33N7O4S. The molecule has 190 valence electrons.